The summed E-state index contributed by atoms with van der Waals surface area (Å²) >= 11 is 0. The maximum atomic E-state index is 12.6. The van der Waals surface area contributed by atoms with Crippen molar-refractivity contribution >= 4 is 23.2 Å². The van der Waals surface area contributed by atoms with Crippen molar-refractivity contribution in [2.45, 2.75) is 26.8 Å². The molecule has 0 saturated heterocycles. The maximum Gasteiger partial charge on any atom is 0.255 e. The third kappa shape index (κ3) is 3.72. The Morgan fingerprint density at radius 2 is 1.96 bits per heavy atom. The molecule has 2 aromatic carbocycles. The van der Waals surface area contributed by atoms with E-state index in [1.54, 1.807) is 17.9 Å². The SMILES string of the molecule is CCNCc1ccccc1NC(=O)c1ccc2c(c1)CCN2C(C)=O. The summed E-state index contributed by atoms with van der Waals surface area (Å²) in [6, 6.07) is 13.3. The van der Waals surface area contributed by atoms with Gasteiger partial charge in [0.2, 0.25) is 5.91 Å². The summed E-state index contributed by atoms with van der Waals surface area (Å²) in [4.78, 5) is 26.0. The third-order valence-corrected chi connectivity index (χ3v) is 4.45. The van der Waals surface area contributed by atoms with Gasteiger partial charge in [0.1, 0.15) is 0 Å². The molecular weight excluding hydrogens is 314 g/mol. The lowest BCUT2D eigenvalue weighted by Gasteiger charge is -2.15. The third-order valence-electron chi connectivity index (χ3n) is 4.45. The van der Waals surface area contributed by atoms with Crippen LogP contribution in [0.15, 0.2) is 42.5 Å². The zero-order valence-corrected chi connectivity index (χ0v) is 14.6. The first-order valence-corrected chi connectivity index (χ1v) is 8.61. The maximum absolute atomic E-state index is 12.6. The molecule has 130 valence electrons. The molecule has 25 heavy (non-hydrogen) atoms. The standard InChI is InChI=1S/C20H23N3O2/c1-3-21-13-17-6-4-5-7-18(17)22-20(25)16-8-9-19-15(12-16)10-11-23(19)14(2)24/h4-9,12,21H,3,10-11,13H2,1-2H3,(H,22,25). The lowest BCUT2D eigenvalue weighted by Crippen LogP contribution is -2.25. The fourth-order valence-electron chi connectivity index (χ4n) is 3.12. The van der Waals surface area contributed by atoms with Gasteiger partial charge in [-0.3, -0.25) is 9.59 Å². The van der Waals surface area contributed by atoms with Crippen LogP contribution in [0, 0.1) is 0 Å². The Kier molecular flexibility index (Phi) is 5.14. The predicted molar refractivity (Wildman–Crippen MR) is 99.9 cm³/mol. The minimum Gasteiger partial charge on any atom is -0.322 e. The van der Waals surface area contributed by atoms with Gasteiger partial charge in [0.15, 0.2) is 0 Å². The summed E-state index contributed by atoms with van der Waals surface area (Å²) in [5.74, 6) is -0.0960. The van der Waals surface area contributed by atoms with E-state index in [9.17, 15) is 9.59 Å². The number of carbonyl (C=O) groups is 2. The van der Waals surface area contributed by atoms with Crippen molar-refractivity contribution < 1.29 is 9.59 Å². The van der Waals surface area contributed by atoms with Crippen LogP contribution in [0.2, 0.25) is 0 Å². The van der Waals surface area contributed by atoms with E-state index in [0.29, 0.717) is 18.7 Å². The van der Waals surface area contributed by atoms with E-state index in [4.69, 9.17) is 0 Å². The van der Waals surface area contributed by atoms with Gasteiger partial charge < -0.3 is 15.5 Å². The topological polar surface area (TPSA) is 61.4 Å². The number of nitrogens with zero attached hydrogens (tertiary/aromatic N) is 1. The van der Waals surface area contributed by atoms with Gasteiger partial charge in [-0.2, -0.15) is 0 Å². The summed E-state index contributed by atoms with van der Waals surface area (Å²) in [5.41, 5.74) is 4.45. The summed E-state index contributed by atoms with van der Waals surface area (Å²) in [6.07, 6.45) is 0.785. The Hall–Kier alpha value is -2.66. The molecule has 0 unspecified atom stereocenters. The van der Waals surface area contributed by atoms with Crippen molar-refractivity contribution in [1.29, 1.82) is 0 Å². The number of nitrogens with one attached hydrogen (secondary N) is 2. The first-order chi connectivity index (χ1) is 12.1. The molecule has 2 N–H and O–H groups in total. The molecule has 0 radical (unpaired) electrons. The number of para-hydroxylation sites is 1. The van der Waals surface area contributed by atoms with Gasteiger partial charge in [-0.1, -0.05) is 25.1 Å². The molecule has 2 amide bonds. The van der Waals surface area contributed by atoms with Gasteiger partial charge in [0.25, 0.3) is 5.91 Å². The molecule has 0 bridgehead atoms. The summed E-state index contributed by atoms with van der Waals surface area (Å²) in [5, 5.41) is 6.28. The van der Waals surface area contributed by atoms with Gasteiger partial charge in [0, 0.05) is 37.0 Å². The molecule has 0 saturated carbocycles. The molecule has 5 heteroatoms. The van der Waals surface area contributed by atoms with Crippen LogP contribution in [0.25, 0.3) is 0 Å². The number of benzene rings is 2. The van der Waals surface area contributed by atoms with Crippen LogP contribution in [0.5, 0.6) is 0 Å². The Morgan fingerprint density at radius 1 is 1.16 bits per heavy atom. The van der Waals surface area contributed by atoms with Crippen LogP contribution in [-0.4, -0.2) is 24.9 Å². The highest BCUT2D eigenvalue weighted by Gasteiger charge is 2.23. The van der Waals surface area contributed by atoms with Gasteiger partial charge in [-0.05, 0) is 48.4 Å². The van der Waals surface area contributed by atoms with Crippen molar-refractivity contribution in [2.75, 3.05) is 23.3 Å². The number of hydrogen-bond acceptors (Lipinski definition) is 3. The summed E-state index contributed by atoms with van der Waals surface area (Å²) in [7, 11) is 0. The van der Waals surface area contributed by atoms with Crippen LogP contribution in [0.1, 0.15) is 35.3 Å². The van der Waals surface area contributed by atoms with E-state index < -0.39 is 0 Å². The Morgan fingerprint density at radius 3 is 2.72 bits per heavy atom. The predicted octanol–water partition coefficient (Wildman–Crippen LogP) is 2.96. The normalized spacial score (nSPS) is 12.8. The second kappa shape index (κ2) is 7.49. The highest BCUT2D eigenvalue weighted by atomic mass is 16.2. The highest BCUT2D eigenvalue weighted by Crippen LogP contribution is 2.29. The number of anilines is 2. The zero-order chi connectivity index (χ0) is 17.8. The lowest BCUT2D eigenvalue weighted by atomic mass is 10.1. The first kappa shape index (κ1) is 17.2. The molecule has 3 rings (SSSR count). The first-order valence-electron chi connectivity index (χ1n) is 8.61. The van der Waals surface area contributed by atoms with E-state index in [1.807, 2.05) is 36.4 Å². The van der Waals surface area contributed by atoms with E-state index in [2.05, 4.69) is 17.6 Å². The van der Waals surface area contributed by atoms with Gasteiger partial charge in [-0.15, -0.1) is 0 Å². The largest absolute Gasteiger partial charge is 0.322 e. The molecule has 0 aliphatic carbocycles. The zero-order valence-electron chi connectivity index (χ0n) is 14.6. The van der Waals surface area contributed by atoms with Gasteiger partial charge >= 0.3 is 0 Å². The van der Waals surface area contributed by atoms with Crippen molar-refractivity contribution in [1.82, 2.24) is 5.32 Å². The Balaban J connectivity index is 1.78. The van der Waals surface area contributed by atoms with Crippen molar-refractivity contribution in [3.05, 3.63) is 59.2 Å². The van der Waals surface area contributed by atoms with Crippen molar-refractivity contribution in [3.8, 4) is 0 Å². The number of amides is 2. The molecule has 5 nitrogen and oxygen atoms in total. The summed E-state index contributed by atoms with van der Waals surface area (Å²) in [6.45, 7) is 5.89. The monoisotopic (exact) mass is 337 g/mol. The average molecular weight is 337 g/mol. The van der Waals surface area contributed by atoms with Crippen LogP contribution in [0.3, 0.4) is 0 Å². The Bertz CT molecular complexity index is 801. The fraction of sp³-hybridized carbons (Fsp3) is 0.300. The van der Waals surface area contributed by atoms with E-state index >= 15 is 0 Å². The lowest BCUT2D eigenvalue weighted by molar-refractivity contribution is -0.116. The molecule has 0 aromatic heterocycles. The molecule has 1 aliphatic rings. The van der Waals surface area contributed by atoms with Gasteiger partial charge in [0.05, 0.1) is 0 Å². The molecule has 1 heterocycles. The molecular formula is C20H23N3O2. The smallest absolute Gasteiger partial charge is 0.255 e. The van der Waals surface area contributed by atoms with E-state index in [0.717, 1.165) is 35.5 Å². The summed E-state index contributed by atoms with van der Waals surface area (Å²) < 4.78 is 0. The molecule has 1 aliphatic heterocycles. The quantitative estimate of drug-likeness (QED) is 0.882. The second-order valence-corrected chi connectivity index (χ2v) is 6.16. The number of fused-ring (bicyclic) bond motifs is 1. The van der Waals surface area contributed by atoms with Crippen molar-refractivity contribution in [3.63, 3.8) is 0 Å². The molecule has 2 aromatic rings. The van der Waals surface area contributed by atoms with Crippen LogP contribution in [-0.2, 0) is 17.8 Å². The van der Waals surface area contributed by atoms with E-state index in [-0.39, 0.29) is 11.8 Å². The minimum absolute atomic E-state index is 0.0355. The number of rotatable bonds is 5. The van der Waals surface area contributed by atoms with Crippen molar-refractivity contribution in [2.24, 2.45) is 0 Å². The fourth-order valence-corrected chi connectivity index (χ4v) is 3.12. The van der Waals surface area contributed by atoms with Crippen LogP contribution < -0.4 is 15.5 Å². The highest BCUT2D eigenvalue weighted by molar-refractivity contribution is 6.05. The molecule has 0 fully saturated rings. The van der Waals surface area contributed by atoms with E-state index in [1.165, 1.54) is 0 Å². The molecule has 0 atom stereocenters. The average Bonchev–Trinajstić information content (AvgIpc) is 3.04. The minimum atomic E-state index is -0.131. The number of carbonyl (C=O) groups excluding carboxylic acids is 2. The second-order valence-electron chi connectivity index (χ2n) is 6.16. The Labute approximate surface area is 148 Å². The number of hydrogen-bond donors (Lipinski definition) is 2. The molecule has 0 spiro atoms. The van der Waals surface area contributed by atoms with Gasteiger partial charge in [-0.25, -0.2) is 0 Å². The van der Waals surface area contributed by atoms with Crippen LogP contribution >= 0.6 is 0 Å². The van der Waals surface area contributed by atoms with Crippen LogP contribution in [0.4, 0.5) is 11.4 Å².